The highest BCUT2D eigenvalue weighted by atomic mass is 32.2. The van der Waals surface area contributed by atoms with Crippen LogP contribution in [0.15, 0.2) is 29.2 Å². The number of nitrogens with one attached hydrogen (secondary N) is 1. The lowest BCUT2D eigenvalue weighted by Gasteiger charge is -2.12. The van der Waals surface area contributed by atoms with Gasteiger partial charge in [-0.1, -0.05) is 13.0 Å². The Balaban J connectivity index is 2.44. The Morgan fingerprint density at radius 1 is 1.50 bits per heavy atom. The largest absolute Gasteiger partial charge is 0.316 e. The summed E-state index contributed by atoms with van der Waals surface area (Å²) in [7, 11) is 1.96. The van der Waals surface area contributed by atoms with E-state index in [0.29, 0.717) is 6.04 Å². The molecule has 0 spiro atoms. The maximum Gasteiger partial charge on any atom is 0.124 e. The molecule has 1 atom stereocenters. The van der Waals surface area contributed by atoms with Crippen LogP contribution in [-0.4, -0.2) is 18.8 Å². The molecule has 78 valence electrons. The van der Waals surface area contributed by atoms with Crippen molar-refractivity contribution in [3.8, 4) is 0 Å². The summed E-state index contributed by atoms with van der Waals surface area (Å²) in [5.41, 5.74) is 0. The molecule has 3 heteroatoms. The third kappa shape index (κ3) is 3.68. The average Bonchev–Trinajstić information content (AvgIpc) is 2.19. The maximum absolute atomic E-state index is 12.8. The number of rotatable bonds is 5. The lowest BCUT2D eigenvalue weighted by atomic mass is 10.3. The Morgan fingerprint density at radius 2 is 2.29 bits per heavy atom. The van der Waals surface area contributed by atoms with E-state index >= 15 is 0 Å². The lowest BCUT2D eigenvalue weighted by molar-refractivity contribution is 0.601. The van der Waals surface area contributed by atoms with Gasteiger partial charge < -0.3 is 5.32 Å². The van der Waals surface area contributed by atoms with Gasteiger partial charge in [0.05, 0.1) is 0 Å². The number of halogens is 1. The molecule has 0 aliphatic carbocycles. The summed E-state index contributed by atoms with van der Waals surface area (Å²) in [4.78, 5) is 0.999. The van der Waals surface area contributed by atoms with Gasteiger partial charge in [-0.2, -0.15) is 0 Å². The number of hydrogen-bond acceptors (Lipinski definition) is 2. The molecular weight excluding hydrogens is 197 g/mol. The van der Waals surface area contributed by atoms with Crippen LogP contribution >= 0.6 is 11.8 Å². The summed E-state index contributed by atoms with van der Waals surface area (Å²) in [6, 6.07) is 7.24. The summed E-state index contributed by atoms with van der Waals surface area (Å²) in [5, 5.41) is 3.22. The zero-order valence-electron chi connectivity index (χ0n) is 8.59. The van der Waals surface area contributed by atoms with Crippen molar-refractivity contribution in [2.24, 2.45) is 0 Å². The van der Waals surface area contributed by atoms with Gasteiger partial charge in [0.1, 0.15) is 5.82 Å². The standard InChI is InChI=1S/C11H16FNS/c1-3-10(13-2)8-14-11-6-4-5-9(12)7-11/h4-7,10,13H,3,8H2,1-2H3. The molecule has 1 aromatic rings. The zero-order valence-corrected chi connectivity index (χ0v) is 9.40. The molecule has 0 bridgehead atoms. The van der Waals surface area contributed by atoms with Crippen molar-refractivity contribution in [3.05, 3.63) is 30.1 Å². The number of thioether (sulfide) groups is 1. The van der Waals surface area contributed by atoms with Crippen LogP contribution in [0.2, 0.25) is 0 Å². The second-order valence-corrected chi connectivity index (χ2v) is 4.26. The van der Waals surface area contributed by atoms with Gasteiger partial charge >= 0.3 is 0 Å². The smallest absolute Gasteiger partial charge is 0.124 e. The second kappa shape index (κ2) is 6.04. The van der Waals surface area contributed by atoms with E-state index in [4.69, 9.17) is 0 Å². The van der Waals surface area contributed by atoms with Gasteiger partial charge in [-0.25, -0.2) is 4.39 Å². The molecule has 0 aliphatic heterocycles. The molecule has 0 saturated carbocycles. The fraction of sp³-hybridized carbons (Fsp3) is 0.455. The second-order valence-electron chi connectivity index (χ2n) is 3.16. The molecule has 0 aliphatic rings. The van der Waals surface area contributed by atoms with E-state index in [1.54, 1.807) is 23.9 Å². The average molecular weight is 213 g/mol. The van der Waals surface area contributed by atoms with Crippen LogP contribution in [0.3, 0.4) is 0 Å². The highest BCUT2D eigenvalue weighted by molar-refractivity contribution is 7.99. The molecule has 1 N–H and O–H groups in total. The molecular formula is C11H16FNS. The predicted octanol–water partition coefficient (Wildman–Crippen LogP) is 2.92. The van der Waals surface area contributed by atoms with Gasteiger partial charge in [0, 0.05) is 16.7 Å². The van der Waals surface area contributed by atoms with Crippen molar-refractivity contribution in [3.63, 3.8) is 0 Å². The molecule has 1 aromatic carbocycles. The predicted molar refractivity (Wildman–Crippen MR) is 60.3 cm³/mol. The molecule has 0 aromatic heterocycles. The third-order valence-corrected chi connectivity index (χ3v) is 3.30. The van der Waals surface area contributed by atoms with E-state index in [9.17, 15) is 4.39 Å². The molecule has 0 saturated heterocycles. The van der Waals surface area contributed by atoms with Crippen molar-refractivity contribution in [1.29, 1.82) is 0 Å². The third-order valence-electron chi connectivity index (χ3n) is 2.15. The SMILES string of the molecule is CCC(CSc1cccc(F)c1)NC. The fourth-order valence-electron chi connectivity index (χ4n) is 1.16. The summed E-state index contributed by atoms with van der Waals surface area (Å²) in [6.45, 7) is 2.15. The van der Waals surface area contributed by atoms with Gasteiger partial charge in [-0.15, -0.1) is 11.8 Å². The first kappa shape index (κ1) is 11.5. The van der Waals surface area contributed by atoms with E-state index < -0.39 is 0 Å². The van der Waals surface area contributed by atoms with E-state index in [-0.39, 0.29) is 5.82 Å². The summed E-state index contributed by atoms with van der Waals surface area (Å²) in [6.07, 6.45) is 1.10. The van der Waals surface area contributed by atoms with Gasteiger partial charge in [0.25, 0.3) is 0 Å². The van der Waals surface area contributed by atoms with Crippen LogP contribution in [0.1, 0.15) is 13.3 Å². The van der Waals surface area contributed by atoms with Gasteiger partial charge in [0.15, 0.2) is 0 Å². The molecule has 1 nitrogen and oxygen atoms in total. The topological polar surface area (TPSA) is 12.0 Å². The Morgan fingerprint density at radius 3 is 2.86 bits per heavy atom. The Hall–Kier alpha value is -0.540. The van der Waals surface area contributed by atoms with Gasteiger partial charge in [-0.3, -0.25) is 0 Å². The molecule has 1 unspecified atom stereocenters. The molecule has 0 heterocycles. The molecule has 14 heavy (non-hydrogen) atoms. The first-order chi connectivity index (χ1) is 6.76. The Labute approximate surface area is 89.1 Å². The quantitative estimate of drug-likeness (QED) is 0.755. The Kier molecular flexibility index (Phi) is 4.98. The molecule has 1 rings (SSSR count). The highest BCUT2D eigenvalue weighted by Gasteiger charge is 2.03. The van der Waals surface area contributed by atoms with E-state index in [0.717, 1.165) is 17.1 Å². The zero-order chi connectivity index (χ0) is 10.4. The van der Waals surface area contributed by atoms with Crippen molar-refractivity contribution in [1.82, 2.24) is 5.32 Å². The Bertz CT molecular complexity index is 274. The summed E-state index contributed by atoms with van der Waals surface area (Å²) in [5.74, 6) is 0.823. The fourth-order valence-corrected chi connectivity index (χ4v) is 2.33. The maximum atomic E-state index is 12.8. The van der Waals surface area contributed by atoms with Crippen LogP contribution in [-0.2, 0) is 0 Å². The number of benzene rings is 1. The van der Waals surface area contributed by atoms with E-state index in [2.05, 4.69) is 12.2 Å². The van der Waals surface area contributed by atoms with Gasteiger partial charge in [-0.05, 0) is 31.7 Å². The highest BCUT2D eigenvalue weighted by Crippen LogP contribution is 2.19. The van der Waals surface area contributed by atoms with E-state index in [1.807, 2.05) is 13.1 Å². The molecule has 0 amide bonds. The number of hydrogen-bond donors (Lipinski definition) is 1. The lowest BCUT2D eigenvalue weighted by Crippen LogP contribution is -2.26. The summed E-state index contributed by atoms with van der Waals surface area (Å²) < 4.78 is 12.8. The first-order valence-electron chi connectivity index (χ1n) is 4.82. The van der Waals surface area contributed by atoms with Gasteiger partial charge in [0.2, 0.25) is 0 Å². The van der Waals surface area contributed by atoms with Crippen molar-refractivity contribution >= 4 is 11.8 Å². The van der Waals surface area contributed by atoms with Crippen LogP contribution in [0, 0.1) is 5.82 Å². The summed E-state index contributed by atoms with van der Waals surface area (Å²) >= 11 is 1.69. The normalized spacial score (nSPS) is 12.8. The van der Waals surface area contributed by atoms with Crippen LogP contribution in [0.5, 0.6) is 0 Å². The van der Waals surface area contributed by atoms with Crippen molar-refractivity contribution in [2.45, 2.75) is 24.3 Å². The minimum Gasteiger partial charge on any atom is -0.316 e. The van der Waals surface area contributed by atoms with Crippen LogP contribution in [0.25, 0.3) is 0 Å². The monoisotopic (exact) mass is 213 g/mol. The molecule has 0 fully saturated rings. The van der Waals surface area contributed by atoms with Crippen molar-refractivity contribution < 1.29 is 4.39 Å². The van der Waals surface area contributed by atoms with Crippen LogP contribution in [0.4, 0.5) is 4.39 Å². The first-order valence-corrected chi connectivity index (χ1v) is 5.80. The molecule has 0 radical (unpaired) electrons. The minimum atomic E-state index is -0.160. The van der Waals surface area contributed by atoms with E-state index in [1.165, 1.54) is 6.07 Å². The van der Waals surface area contributed by atoms with Crippen molar-refractivity contribution in [2.75, 3.05) is 12.8 Å². The van der Waals surface area contributed by atoms with Crippen LogP contribution < -0.4 is 5.32 Å². The minimum absolute atomic E-state index is 0.160.